The highest BCUT2D eigenvalue weighted by molar-refractivity contribution is 6.24. The fraction of sp³-hybridized carbons (Fsp3) is 0.611. The Morgan fingerprint density at radius 3 is 2.41 bits per heavy atom. The minimum Gasteiger partial charge on any atom is -0.352 e. The molecule has 4 saturated carbocycles. The molecule has 2 nitrogen and oxygen atoms in total. The third-order valence-electron chi connectivity index (χ3n) is 5.84. The van der Waals surface area contributed by atoms with Gasteiger partial charge in [0, 0.05) is 11.4 Å². The summed E-state index contributed by atoms with van der Waals surface area (Å²) in [5.41, 5.74) is 0.673. The van der Waals surface area contributed by atoms with Crippen LogP contribution in [0.25, 0.3) is 0 Å². The Morgan fingerprint density at radius 2 is 1.82 bits per heavy atom. The van der Waals surface area contributed by atoms with E-state index in [1.807, 2.05) is 0 Å². The number of amides is 1. The molecule has 118 valence electrons. The fourth-order valence-electron chi connectivity index (χ4n) is 5.39. The number of rotatable bonds is 3. The number of carbonyl (C=O) groups is 1. The van der Waals surface area contributed by atoms with E-state index in [0.717, 1.165) is 37.7 Å². The van der Waals surface area contributed by atoms with Crippen LogP contribution in [0.5, 0.6) is 0 Å². The molecule has 4 bridgehead atoms. The Hall–Kier alpha value is -1.09. The molecule has 0 heterocycles. The van der Waals surface area contributed by atoms with Crippen molar-refractivity contribution in [3.63, 3.8) is 0 Å². The lowest BCUT2D eigenvalue weighted by atomic mass is 9.49. The van der Waals surface area contributed by atoms with Crippen LogP contribution in [0.4, 0.5) is 4.39 Å². The first-order valence-corrected chi connectivity index (χ1v) is 8.56. The number of hydrogen-bond donors (Lipinski definition) is 1. The van der Waals surface area contributed by atoms with Crippen LogP contribution in [0.1, 0.15) is 44.1 Å². The van der Waals surface area contributed by atoms with Gasteiger partial charge in [-0.05, 0) is 68.1 Å². The summed E-state index contributed by atoms with van der Waals surface area (Å²) in [4.78, 5) is 12.7. The molecule has 2 atom stereocenters. The minimum absolute atomic E-state index is 0.142. The van der Waals surface area contributed by atoms with Gasteiger partial charge in [-0.15, -0.1) is 11.6 Å². The van der Waals surface area contributed by atoms with Crippen molar-refractivity contribution in [3.05, 3.63) is 35.6 Å². The third-order valence-corrected chi connectivity index (χ3v) is 6.28. The largest absolute Gasteiger partial charge is 0.352 e. The van der Waals surface area contributed by atoms with Crippen molar-refractivity contribution in [3.8, 4) is 0 Å². The molecule has 0 spiro atoms. The summed E-state index contributed by atoms with van der Waals surface area (Å²) in [6, 6.07) is 6.30. The van der Waals surface area contributed by atoms with Crippen molar-refractivity contribution in [2.24, 2.45) is 17.3 Å². The molecule has 0 radical (unpaired) electrons. The lowest BCUT2D eigenvalue weighted by Crippen LogP contribution is -2.58. The van der Waals surface area contributed by atoms with E-state index in [2.05, 4.69) is 5.32 Å². The van der Waals surface area contributed by atoms with Gasteiger partial charge in [0.2, 0.25) is 5.91 Å². The predicted octanol–water partition coefficient (Wildman–Crippen LogP) is 4.02. The Morgan fingerprint density at radius 1 is 1.18 bits per heavy atom. The van der Waals surface area contributed by atoms with Crippen molar-refractivity contribution < 1.29 is 9.18 Å². The molecule has 1 aromatic rings. The topological polar surface area (TPSA) is 29.1 Å². The van der Waals surface area contributed by atoms with E-state index in [0.29, 0.717) is 18.4 Å². The van der Waals surface area contributed by atoms with Crippen LogP contribution >= 0.6 is 11.6 Å². The van der Waals surface area contributed by atoms with Gasteiger partial charge in [0.1, 0.15) is 5.82 Å². The molecule has 4 heteroatoms. The average molecular weight is 322 g/mol. The third kappa shape index (κ3) is 2.44. The second-order valence-electron chi connectivity index (χ2n) is 7.70. The molecular formula is C18H21ClFNO. The summed E-state index contributed by atoms with van der Waals surface area (Å²) in [5.74, 6) is 1.14. The SMILES string of the molecule is O=C(NCc1ccc(F)cc1)C12CC3CC(CC(Cl)(C3)C1)C2. The van der Waals surface area contributed by atoms with Crippen molar-refractivity contribution in [1.82, 2.24) is 5.32 Å². The van der Waals surface area contributed by atoms with Gasteiger partial charge in [0.25, 0.3) is 0 Å². The fourth-order valence-corrected chi connectivity index (χ4v) is 6.08. The van der Waals surface area contributed by atoms with E-state index < -0.39 is 0 Å². The van der Waals surface area contributed by atoms with E-state index in [1.165, 1.54) is 18.6 Å². The summed E-state index contributed by atoms with van der Waals surface area (Å²) in [7, 11) is 0. The molecule has 4 aliphatic carbocycles. The summed E-state index contributed by atoms with van der Waals surface area (Å²) in [6.45, 7) is 0.464. The zero-order chi connectivity index (χ0) is 15.4. The Bertz CT molecular complexity index is 586. The van der Waals surface area contributed by atoms with Crippen molar-refractivity contribution in [2.75, 3.05) is 0 Å². The maximum absolute atomic E-state index is 12.9. The molecular weight excluding hydrogens is 301 g/mol. The molecule has 4 fully saturated rings. The highest BCUT2D eigenvalue weighted by atomic mass is 35.5. The maximum atomic E-state index is 12.9. The van der Waals surface area contributed by atoms with Gasteiger partial charge in [-0.1, -0.05) is 12.1 Å². The standard InChI is InChI=1S/C18H21ClFNO/c19-18-8-13-5-14(9-18)7-17(6-13,11-18)16(22)21-10-12-1-3-15(20)4-2-12/h1-4,13-14H,5-11H2,(H,21,22). The Labute approximate surface area is 135 Å². The van der Waals surface area contributed by atoms with Crippen LogP contribution in [0.2, 0.25) is 0 Å². The number of benzene rings is 1. The first-order valence-electron chi connectivity index (χ1n) is 8.18. The number of hydrogen-bond acceptors (Lipinski definition) is 1. The molecule has 22 heavy (non-hydrogen) atoms. The van der Waals surface area contributed by atoms with Gasteiger partial charge < -0.3 is 5.32 Å². The van der Waals surface area contributed by atoms with Gasteiger partial charge in [0.15, 0.2) is 0 Å². The van der Waals surface area contributed by atoms with Crippen LogP contribution in [-0.2, 0) is 11.3 Å². The number of nitrogens with one attached hydrogen (secondary N) is 1. The first-order chi connectivity index (χ1) is 10.5. The summed E-state index contributed by atoms with van der Waals surface area (Å²) in [5, 5.41) is 3.07. The van der Waals surface area contributed by atoms with E-state index in [4.69, 9.17) is 11.6 Å². The summed E-state index contributed by atoms with van der Waals surface area (Å²) < 4.78 is 12.9. The van der Waals surface area contributed by atoms with Crippen LogP contribution in [0, 0.1) is 23.1 Å². The predicted molar refractivity (Wildman–Crippen MR) is 83.9 cm³/mol. The van der Waals surface area contributed by atoms with Gasteiger partial charge >= 0.3 is 0 Å². The molecule has 0 saturated heterocycles. The van der Waals surface area contributed by atoms with Gasteiger partial charge in [-0.25, -0.2) is 4.39 Å². The van der Waals surface area contributed by atoms with Crippen LogP contribution < -0.4 is 5.32 Å². The van der Waals surface area contributed by atoms with Crippen LogP contribution in [0.3, 0.4) is 0 Å². The zero-order valence-electron chi connectivity index (χ0n) is 12.6. The second kappa shape index (κ2) is 4.95. The lowest BCUT2D eigenvalue weighted by Gasteiger charge is -2.59. The molecule has 0 aromatic heterocycles. The molecule has 1 amide bonds. The number of halogens is 2. The second-order valence-corrected chi connectivity index (χ2v) is 8.50. The molecule has 2 unspecified atom stereocenters. The van der Waals surface area contributed by atoms with Crippen molar-refractivity contribution in [1.29, 1.82) is 0 Å². The van der Waals surface area contributed by atoms with E-state index >= 15 is 0 Å². The average Bonchev–Trinajstić information content (AvgIpc) is 2.43. The Balaban J connectivity index is 1.47. The normalized spacial score (nSPS) is 39.0. The van der Waals surface area contributed by atoms with Crippen molar-refractivity contribution >= 4 is 17.5 Å². The quantitative estimate of drug-likeness (QED) is 0.837. The summed E-state index contributed by atoms with van der Waals surface area (Å²) >= 11 is 6.78. The highest BCUT2D eigenvalue weighted by Gasteiger charge is 2.59. The molecule has 5 rings (SSSR count). The van der Waals surface area contributed by atoms with E-state index in [-0.39, 0.29) is 22.0 Å². The van der Waals surface area contributed by atoms with Crippen LogP contribution in [-0.4, -0.2) is 10.8 Å². The van der Waals surface area contributed by atoms with Gasteiger partial charge in [-0.2, -0.15) is 0 Å². The number of alkyl halides is 1. The van der Waals surface area contributed by atoms with Gasteiger partial charge in [-0.3, -0.25) is 4.79 Å². The smallest absolute Gasteiger partial charge is 0.226 e. The maximum Gasteiger partial charge on any atom is 0.226 e. The Kier molecular flexibility index (Phi) is 3.26. The molecule has 4 aliphatic rings. The zero-order valence-corrected chi connectivity index (χ0v) is 13.3. The highest BCUT2D eigenvalue weighted by Crippen LogP contribution is 2.63. The monoisotopic (exact) mass is 321 g/mol. The van der Waals surface area contributed by atoms with Gasteiger partial charge in [0.05, 0.1) is 5.41 Å². The number of carbonyl (C=O) groups excluding carboxylic acids is 1. The summed E-state index contributed by atoms with van der Waals surface area (Å²) in [6.07, 6.45) is 6.22. The lowest BCUT2D eigenvalue weighted by molar-refractivity contribution is -0.144. The van der Waals surface area contributed by atoms with Crippen molar-refractivity contribution in [2.45, 2.75) is 49.9 Å². The van der Waals surface area contributed by atoms with Crippen LogP contribution in [0.15, 0.2) is 24.3 Å². The van der Waals surface area contributed by atoms with E-state index in [1.54, 1.807) is 12.1 Å². The minimum atomic E-state index is -0.258. The first kappa shape index (κ1) is 14.5. The molecule has 0 aliphatic heterocycles. The molecule has 1 aromatic carbocycles. The molecule has 1 N–H and O–H groups in total. The van der Waals surface area contributed by atoms with E-state index in [9.17, 15) is 9.18 Å².